The molecule has 0 spiro atoms. The predicted molar refractivity (Wildman–Crippen MR) is 55.1 cm³/mol. The second-order valence-corrected chi connectivity index (χ2v) is 3.12. The SMILES string of the molecule is CN(CCCl)c1ccccc1C#N. The van der Waals surface area contributed by atoms with E-state index in [2.05, 4.69) is 6.07 Å². The molecule has 0 atom stereocenters. The van der Waals surface area contributed by atoms with Crippen LogP contribution in [0.2, 0.25) is 0 Å². The molecule has 0 heterocycles. The fourth-order valence-corrected chi connectivity index (χ4v) is 1.40. The van der Waals surface area contributed by atoms with Crippen LogP contribution in [0.4, 0.5) is 5.69 Å². The lowest BCUT2D eigenvalue weighted by atomic mass is 10.2. The topological polar surface area (TPSA) is 27.0 Å². The van der Waals surface area contributed by atoms with Crippen molar-refractivity contribution in [1.29, 1.82) is 5.26 Å². The number of hydrogen-bond acceptors (Lipinski definition) is 2. The van der Waals surface area contributed by atoms with E-state index in [1.165, 1.54) is 0 Å². The summed E-state index contributed by atoms with van der Waals surface area (Å²) in [6.07, 6.45) is 0. The van der Waals surface area contributed by atoms with Crippen LogP contribution in [0.3, 0.4) is 0 Å². The summed E-state index contributed by atoms with van der Waals surface area (Å²) >= 11 is 5.62. The Morgan fingerprint density at radius 3 is 2.77 bits per heavy atom. The molecule has 0 amide bonds. The number of para-hydroxylation sites is 1. The lowest BCUT2D eigenvalue weighted by Gasteiger charge is -2.18. The van der Waals surface area contributed by atoms with Gasteiger partial charge in [-0.1, -0.05) is 12.1 Å². The number of anilines is 1. The minimum atomic E-state index is 0.566. The van der Waals surface area contributed by atoms with E-state index < -0.39 is 0 Å². The Kier molecular flexibility index (Phi) is 3.60. The molecule has 0 unspecified atom stereocenters. The van der Waals surface area contributed by atoms with Gasteiger partial charge in [0.05, 0.1) is 11.3 Å². The molecule has 0 aliphatic heterocycles. The highest BCUT2D eigenvalue weighted by Crippen LogP contribution is 2.17. The smallest absolute Gasteiger partial charge is 0.101 e. The van der Waals surface area contributed by atoms with Gasteiger partial charge in [-0.05, 0) is 12.1 Å². The van der Waals surface area contributed by atoms with Gasteiger partial charge >= 0.3 is 0 Å². The Labute approximate surface area is 83.3 Å². The fourth-order valence-electron chi connectivity index (χ4n) is 1.15. The molecule has 0 fully saturated rings. The number of alkyl halides is 1. The van der Waals surface area contributed by atoms with Crippen LogP contribution in [0.15, 0.2) is 24.3 Å². The van der Waals surface area contributed by atoms with E-state index in [0.717, 1.165) is 12.2 Å². The molecular weight excluding hydrogens is 184 g/mol. The Balaban J connectivity index is 2.93. The predicted octanol–water partition coefficient (Wildman–Crippen LogP) is 2.23. The van der Waals surface area contributed by atoms with Gasteiger partial charge in [0.25, 0.3) is 0 Å². The Morgan fingerprint density at radius 2 is 2.15 bits per heavy atom. The van der Waals surface area contributed by atoms with Crippen LogP contribution in [-0.2, 0) is 0 Å². The molecule has 0 radical (unpaired) electrons. The normalized spacial score (nSPS) is 9.31. The zero-order valence-electron chi connectivity index (χ0n) is 7.50. The molecule has 0 aliphatic rings. The van der Waals surface area contributed by atoms with Crippen LogP contribution in [0.5, 0.6) is 0 Å². The van der Waals surface area contributed by atoms with Gasteiger partial charge in [0, 0.05) is 19.5 Å². The number of nitrogens with zero attached hydrogens (tertiary/aromatic N) is 2. The second-order valence-electron chi connectivity index (χ2n) is 2.74. The highest BCUT2D eigenvalue weighted by Gasteiger charge is 2.04. The summed E-state index contributed by atoms with van der Waals surface area (Å²) in [4.78, 5) is 1.98. The van der Waals surface area contributed by atoms with E-state index in [9.17, 15) is 0 Å². The number of hydrogen-bond donors (Lipinski definition) is 0. The van der Waals surface area contributed by atoms with E-state index in [1.807, 2.05) is 30.1 Å². The first-order valence-corrected chi connectivity index (χ1v) is 4.59. The van der Waals surface area contributed by atoms with Gasteiger partial charge in [-0.2, -0.15) is 5.26 Å². The standard InChI is InChI=1S/C10H11ClN2/c1-13(7-6-11)10-5-3-2-4-9(10)8-12/h2-5H,6-7H2,1H3. The van der Waals surface area contributed by atoms with Crippen molar-refractivity contribution in [2.45, 2.75) is 0 Å². The minimum Gasteiger partial charge on any atom is -0.372 e. The zero-order valence-corrected chi connectivity index (χ0v) is 8.25. The average molecular weight is 195 g/mol. The minimum absolute atomic E-state index is 0.566. The van der Waals surface area contributed by atoms with Crippen molar-refractivity contribution in [1.82, 2.24) is 0 Å². The first-order valence-electron chi connectivity index (χ1n) is 4.06. The highest BCUT2D eigenvalue weighted by atomic mass is 35.5. The van der Waals surface area contributed by atoms with Gasteiger partial charge < -0.3 is 4.90 Å². The molecule has 0 bridgehead atoms. The molecular formula is C10H11ClN2. The maximum absolute atomic E-state index is 8.83. The van der Waals surface area contributed by atoms with Crippen LogP contribution >= 0.6 is 11.6 Å². The second kappa shape index (κ2) is 4.74. The van der Waals surface area contributed by atoms with Gasteiger partial charge in [0.15, 0.2) is 0 Å². The van der Waals surface area contributed by atoms with E-state index >= 15 is 0 Å². The van der Waals surface area contributed by atoms with E-state index in [-0.39, 0.29) is 0 Å². The third-order valence-electron chi connectivity index (χ3n) is 1.86. The van der Waals surface area contributed by atoms with Crippen LogP contribution in [0.1, 0.15) is 5.56 Å². The van der Waals surface area contributed by atoms with E-state index in [4.69, 9.17) is 16.9 Å². The molecule has 1 aromatic rings. The molecule has 3 heteroatoms. The molecule has 0 aromatic heterocycles. The van der Waals surface area contributed by atoms with Crippen molar-refractivity contribution in [2.75, 3.05) is 24.4 Å². The van der Waals surface area contributed by atoms with Crippen molar-refractivity contribution in [2.24, 2.45) is 0 Å². The van der Waals surface area contributed by atoms with Gasteiger partial charge in [0.2, 0.25) is 0 Å². The zero-order chi connectivity index (χ0) is 9.68. The molecule has 0 saturated heterocycles. The lowest BCUT2D eigenvalue weighted by Crippen LogP contribution is -2.20. The highest BCUT2D eigenvalue weighted by molar-refractivity contribution is 6.18. The molecule has 2 nitrogen and oxygen atoms in total. The Bertz CT molecular complexity index is 317. The van der Waals surface area contributed by atoms with Gasteiger partial charge in [-0.15, -0.1) is 11.6 Å². The molecule has 0 saturated carbocycles. The average Bonchev–Trinajstić information content (AvgIpc) is 2.18. The van der Waals surface area contributed by atoms with Gasteiger partial charge in [0.1, 0.15) is 6.07 Å². The van der Waals surface area contributed by atoms with Crippen molar-refractivity contribution >= 4 is 17.3 Å². The summed E-state index contributed by atoms with van der Waals surface area (Å²) in [5.74, 6) is 0.566. The maximum atomic E-state index is 8.83. The molecule has 1 aromatic carbocycles. The third kappa shape index (κ3) is 2.37. The van der Waals surface area contributed by atoms with Crippen LogP contribution in [0.25, 0.3) is 0 Å². The molecule has 13 heavy (non-hydrogen) atoms. The summed E-state index contributed by atoms with van der Waals surface area (Å²) in [6.45, 7) is 0.750. The Morgan fingerprint density at radius 1 is 1.46 bits per heavy atom. The molecule has 0 N–H and O–H groups in total. The van der Waals surface area contributed by atoms with Crippen molar-refractivity contribution in [3.05, 3.63) is 29.8 Å². The Hall–Kier alpha value is -1.20. The van der Waals surface area contributed by atoms with E-state index in [1.54, 1.807) is 6.07 Å². The van der Waals surface area contributed by atoms with Gasteiger partial charge in [-0.25, -0.2) is 0 Å². The van der Waals surface area contributed by atoms with Crippen LogP contribution in [0, 0.1) is 11.3 Å². The van der Waals surface area contributed by atoms with Crippen molar-refractivity contribution in [3.63, 3.8) is 0 Å². The summed E-state index contributed by atoms with van der Waals surface area (Å²) in [7, 11) is 1.93. The van der Waals surface area contributed by atoms with Crippen molar-refractivity contribution < 1.29 is 0 Å². The summed E-state index contributed by atoms with van der Waals surface area (Å²) in [5.41, 5.74) is 1.63. The van der Waals surface area contributed by atoms with E-state index in [0.29, 0.717) is 11.4 Å². The first-order chi connectivity index (χ1) is 6.29. The summed E-state index contributed by atoms with van der Waals surface area (Å²) in [6, 6.07) is 9.65. The number of halogens is 1. The maximum Gasteiger partial charge on any atom is 0.101 e. The lowest BCUT2D eigenvalue weighted by molar-refractivity contribution is 0.971. The van der Waals surface area contributed by atoms with Crippen LogP contribution in [-0.4, -0.2) is 19.5 Å². The summed E-state index contributed by atoms with van der Waals surface area (Å²) < 4.78 is 0. The van der Waals surface area contributed by atoms with Crippen molar-refractivity contribution in [3.8, 4) is 6.07 Å². The number of nitriles is 1. The molecule has 0 aliphatic carbocycles. The molecule has 68 valence electrons. The fraction of sp³-hybridized carbons (Fsp3) is 0.300. The quantitative estimate of drug-likeness (QED) is 0.690. The van der Waals surface area contributed by atoms with Gasteiger partial charge in [-0.3, -0.25) is 0 Å². The monoisotopic (exact) mass is 194 g/mol. The number of rotatable bonds is 3. The molecule has 1 rings (SSSR count). The van der Waals surface area contributed by atoms with Crippen LogP contribution < -0.4 is 4.90 Å². The third-order valence-corrected chi connectivity index (χ3v) is 2.02. The number of benzene rings is 1. The summed E-state index contributed by atoms with van der Waals surface area (Å²) in [5, 5.41) is 8.83. The largest absolute Gasteiger partial charge is 0.372 e. The first kappa shape index (κ1) is 9.88.